The van der Waals surface area contributed by atoms with Crippen LogP contribution in [-0.2, 0) is 16.0 Å². The highest BCUT2D eigenvalue weighted by Crippen LogP contribution is 2.41. The van der Waals surface area contributed by atoms with Crippen LogP contribution in [0.25, 0.3) is 0 Å². The molecule has 0 spiro atoms. The van der Waals surface area contributed by atoms with Gasteiger partial charge in [0.15, 0.2) is 6.10 Å². The highest BCUT2D eigenvalue weighted by Gasteiger charge is 2.39. The van der Waals surface area contributed by atoms with Crippen molar-refractivity contribution in [3.63, 3.8) is 0 Å². The molecule has 1 aliphatic heterocycles. The predicted octanol–water partition coefficient (Wildman–Crippen LogP) is 5.20. The Hall–Kier alpha value is -2.82. The van der Waals surface area contributed by atoms with E-state index >= 15 is 0 Å². The molecule has 2 aliphatic rings. The predicted molar refractivity (Wildman–Crippen MR) is 135 cm³/mol. The van der Waals surface area contributed by atoms with E-state index in [1.807, 2.05) is 13.0 Å². The highest BCUT2D eigenvalue weighted by molar-refractivity contribution is 5.82. The number of hydrogen-bond donors (Lipinski definition) is 1. The lowest BCUT2D eigenvalue weighted by Crippen LogP contribution is -2.41. The van der Waals surface area contributed by atoms with Gasteiger partial charge in [-0.2, -0.15) is 0 Å². The van der Waals surface area contributed by atoms with E-state index in [1.165, 1.54) is 11.1 Å². The van der Waals surface area contributed by atoms with Gasteiger partial charge in [-0.15, -0.1) is 0 Å². The van der Waals surface area contributed by atoms with Crippen molar-refractivity contribution < 1.29 is 14.3 Å². The summed E-state index contributed by atoms with van der Waals surface area (Å²) in [5, 5.41) is 3.01. The Kier molecular flexibility index (Phi) is 7.60. The van der Waals surface area contributed by atoms with Crippen LogP contribution < -0.4 is 10.1 Å². The number of benzene rings is 2. The number of fused-ring (bicyclic) bond motifs is 1. The molecule has 1 heterocycles. The molecule has 1 fully saturated rings. The molecular weight excluding hydrogens is 424 g/mol. The fourth-order valence-electron chi connectivity index (χ4n) is 4.75. The molecule has 1 N–H and O–H groups in total. The summed E-state index contributed by atoms with van der Waals surface area (Å²) in [4.78, 5) is 28.0. The smallest absolute Gasteiger partial charge is 0.261 e. The van der Waals surface area contributed by atoms with E-state index in [1.54, 1.807) is 0 Å². The molecular formula is C29H38N2O3. The lowest BCUT2D eigenvalue weighted by atomic mass is 9.87. The Labute approximate surface area is 203 Å². The van der Waals surface area contributed by atoms with Crippen molar-refractivity contribution >= 4 is 11.8 Å². The van der Waals surface area contributed by atoms with Gasteiger partial charge in [0.1, 0.15) is 5.75 Å². The number of nitrogens with one attached hydrogen (secondary N) is 1. The van der Waals surface area contributed by atoms with Gasteiger partial charge in [0.2, 0.25) is 5.91 Å². The number of carbonyl (C=O) groups excluding carboxylic acids is 2. The van der Waals surface area contributed by atoms with Crippen molar-refractivity contribution in [2.24, 2.45) is 11.8 Å². The summed E-state index contributed by atoms with van der Waals surface area (Å²) in [6, 6.07) is 14.4. The van der Waals surface area contributed by atoms with Crippen LogP contribution >= 0.6 is 0 Å². The minimum atomic E-state index is -0.532. The van der Waals surface area contributed by atoms with Crippen LogP contribution in [0.2, 0.25) is 0 Å². The summed E-state index contributed by atoms with van der Waals surface area (Å²) in [5.74, 6) is 1.60. The first-order chi connectivity index (χ1) is 16.4. The van der Waals surface area contributed by atoms with Crippen LogP contribution in [0.1, 0.15) is 74.8 Å². The largest absolute Gasteiger partial charge is 0.481 e. The van der Waals surface area contributed by atoms with Gasteiger partial charge in [0, 0.05) is 19.0 Å². The molecule has 182 valence electrons. The van der Waals surface area contributed by atoms with Crippen molar-refractivity contribution in [1.29, 1.82) is 0 Å². The summed E-state index contributed by atoms with van der Waals surface area (Å²) < 4.78 is 6.20. The maximum absolute atomic E-state index is 13.2. The van der Waals surface area contributed by atoms with Gasteiger partial charge in [-0.1, -0.05) is 56.7 Å². The Balaban J connectivity index is 1.60. The molecule has 2 aromatic rings. The van der Waals surface area contributed by atoms with Crippen molar-refractivity contribution in [2.75, 3.05) is 13.1 Å². The van der Waals surface area contributed by atoms with E-state index in [0.29, 0.717) is 24.6 Å². The monoisotopic (exact) mass is 462 g/mol. The zero-order valence-corrected chi connectivity index (χ0v) is 21.0. The van der Waals surface area contributed by atoms with Gasteiger partial charge in [-0.05, 0) is 73.8 Å². The van der Waals surface area contributed by atoms with Crippen LogP contribution in [0.15, 0.2) is 42.5 Å². The average molecular weight is 463 g/mol. The van der Waals surface area contributed by atoms with Gasteiger partial charge < -0.3 is 15.0 Å². The first kappa shape index (κ1) is 24.3. The number of carbonyl (C=O) groups is 2. The molecule has 0 unspecified atom stereocenters. The van der Waals surface area contributed by atoms with E-state index in [4.69, 9.17) is 4.74 Å². The van der Waals surface area contributed by atoms with Crippen LogP contribution in [0, 0.1) is 18.8 Å². The molecule has 0 bridgehead atoms. The van der Waals surface area contributed by atoms with Crippen molar-refractivity contribution in [3.05, 3.63) is 64.7 Å². The minimum Gasteiger partial charge on any atom is -0.481 e. The van der Waals surface area contributed by atoms with Gasteiger partial charge in [-0.3, -0.25) is 9.59 Å². The molecule has 1 aliphatic carbocycles. The minimum absolute atomic E-state index is 0.0679. The SMILES string of the molecule is CC[C@@H](Oc1ccc2c(c1)[C@H](c1cccc(C)c1)N(C(=O)C1CC1)CC2)C(=O)NCCC(C)C. The van der Waals surface area contributed by atoms with Crippen molar-refractivity contribution in [2.45, 2.75) is 71.9 Å². The summed E-state index contributed by atoms with van der Waals surface area (Å²) >= 11 is 0. The van der Waals surface area contributed by atoms with Crippen molar-refractivity contribution in [3.8, 4) is 5.75 Å². The van der Waals surface area contributed by atoms with Crippen LogP contribution in [0.4, 0.5) is 0 Å². The molecule has 5 nitrogen and oxygen atoms in total. The molecule has 0 saturated heterocycles. The zero-order valence-electron chi connectivity index (χ0n) is 21.0. The number of amides is 2. The summed E-state index contributed by atoms with van der Waals surface area (Å²) in [5.41, 5.74) is 4.66. The number of ether oxygens (including phenoxy) is 1. The van der Waals surface area contributed by atoms with E-state index in [9.17, 15) is 9.59 Å². The van der Waals surface area contributed by atoms with Gasteiger partial charge in [0.25, 0.3) is 5.91 Å². The quantitative estimate of drug-likeness (QED) is 0.557. The second-order valence-electron chi connectivity index (χ2n) is 10.2. The number of rotatable bonds is 9. The standard InChI is InChI=1S/C29H38N2O3/c1-5-26(28(32)30-15-13-19(2)3)34-24-12-11-21-14-16-31(29(33)22-9-10-22)27(25(21)18-24)23-8-6-7-20(4)17-23/h6-8,11-12,17-19,22,26-27H,5,9-10,13-16H2,1-4H3,(H,30,32)/t26-,27+/m1/s1. The van der Waals surface area contributed by atoms with Crippen molar-refractivity contribution in [1.82, 2.24) is 10.2 Å². The lowest BCUT2D eigenvalue weighted by Gasteiger charge is -2.38. The highest BCUT2D eigenvalue weighted by atomic mass is 16.5. The maximum Gasteiger partial charge on any atom is 0.261 e. The molecule has 34 heavy (non-hydrogen) atoms. The Morgan fingerprint density at radius 2 is 1.94 bits per heavy atom. The maximum atomic E-state index is 13.2. The Morgan fingerprint density at radius 1 is 1.15 bits per heavy atom. The van der Waals surface area contributed by atoms with Crippen LogP contribution in [0.5, 0.6) is 5.75 Å². The summed E-state index contributed by atoms with van der Waals surface area (Å²) in [6.45, 7) is 9.75. The van der Waals surface area contributed by atoms with E-state index in [2.05, 4.69) is 67.4 Å². The average Bonchev–Trinajstić information content (AvgIpc) is 3.66. The summed E-state index contributed by atoms with van der Waals surface area (Å²) in [7, 11) is 0. The third kappa shape index (κ3) is 5.63. The second kappa shape index (κ2) is 10.6. The molecule has 1 saturated carbocycles. The third-order valence-corrected chi connectivity index (χ3v) is 6.88. The molecule has 2 aromatic carbocycles. The fourth-order valence-corrected chi connectivity index (χ4v) is 4.75. The third-order valence-electron chi connectivity index (χ3n) is 6.88. The fraction of sp³-hybridized carbons (Fsp3) is 0.517. The summed E-state index contributed by atoms with van der Waals surface area (Å²) in [6.07, 6.45) is 3.84. The van der Waals surface area contributed by atoms with E-state index in [-0.39, 0.29) is 23.8 Å². The zero-order chi connectivity index (χ0) is 24.2. The van der Waals surface area contributed by atoms with E-state index < -0.39 is 6.10 Å². The molecule has 2 atom stereocenters. The molecule has 5 heteroatoms. The number of nitrogens with zero attached hydrogens (tertiary/aromatic N) is 1. The second-order valence-corrected chi connectivity index (χ2v) is 10.2. The Morgan fingerprint density at radius 3 is 2.62 bits per heavy atom. The van der Waals surface area contributed by atoms with Crippen LogP contribution in [0.3, 0.4) is 0 Å². The first-order valence-electron chi connectivity index (χ1n) is 12.8. The molecule has 4 rings (SSSR count). The molecule has 0 aromatic heterocycles. The van der Waals surface area contributed by atoms with Gasteiger partial charge in [-0.25, -0.2) is 0 Å². The number of aryl methyl sites for hydroxylation is 1. The van der Waals surface area contributed by atoms with Crippen LogP contribution in [-0.4, -0.2) is 35.9 Å². The molecule has 2 amide bonds. The Bertz CT molecular complexity index is 1030. The normalized spacial score (nSPS) is 18.4. The first-order valence-corrected chi connectivity index (χ1v) is 12.8. The number of hydrogen-bond acceptors (Lipinski definition) is 3. The lowest BCUT2D eigenvalue weighted by molar-refractivity contribution is -0.134. The topological polar surface area (TPSA) is 58.6 Å². The van der Waals surface area contributed by atoms with E-state index in [0.717, 1.165) is 43.4 Å². The van der Waals surface area contributed by atoms with Gasteiger partial charge in [0.05, 0.1) is 6.04 Å². The molecule has 0 radical (unpaired) electrons. The van der Waals surface area contributed by atoms with Gasteiger partial charge >= 0.3 is 0 Å².